The Morgan fingerprint density at radius 1 is 1.21 bits per heavy atom. The minimum atomic E-state index is -0.946. The lowest BCUT2D eigenvalue weighted by molar-refractivity contribution is -0.140. The average molecular weight is 381 g/mol. The van der Waals surface area contributed by atoms with Crippen LogP contribution < -0.4 is 4.74 Å². The minimum absolute atomic E-state index is 0.0654. The van der Waals surface area contributed by atoms with Crippen LogP contribution in [0.15, 0.2) is 48.5 Å². The third-order valence-electron chi connectivity index (χ3n) is 5.59. The van der Waals surface area contributed by atoms with Crippen LogP contribution in [-0.2, 0) is 9.53 Å². The number of carbonyl (C=O) groups excluding carboxylic acids is 1. The van der Waals surface area contributed by atoms with E-state index in [2.05, 4.69) is 0 Å². The van der Waals surface area contributed by atoms with Crippen LogP contribution in [0, 0.1) is 0 Å². The first kappa shape index (κ1) is 18.5. The number of carboxylic acids is 1. The predicted molar refractivity (Wildman–Crippen MR) is 103 cm³/mol. The highest BCUT2D eigenvalue weighted by molar-refractivity contribution is 6.00. The Labute approximate surface area is 163 Å². The molecule has 3 atom stereocenters. The molecule has 0 saturated carbocycles. The lowest BCUT2D eigenvalue weighted by atomic mass is 9.79. The molecule has 0 aliphatic carbocycles. The maximum atomic E-state index is 13.3. The van der Waals surface area contributed by atoms with Crippen LogP contribution >= 0.6 is 0 Å². The Morgan fingerprint density at radius 3 is 2.61 bits per heavy atom. The molecule has 1 N–H and O–H groups in total. The van der Waals surface area contributed by atoms with Crippen LogP contribution in [-0.4, -0.2) is 48.2 Å². The van der Waals surface area contributed by atoms with Gasteiger partial charge in [-0.15, -0.1) is 0 Å². The normalized spacial score (nSPS) is 24.1. The molecule has 6 heteroatoms. The summed E-state index contributed by atoms with van der Waals surface area (Å²) >= 11 is 0. The van der Waals surface area contributed by atoms with E-state index in [1.807, 2.05) is 12.1 Å². The van der Waals surface area contributed by atoms with Gasteiger partial charge in [-0.1, -0.05) is 30.3 Å². The van der Waals surface area contributed by atoms with Crippen molar-refractivity contribution < 1.29 is 24.2 Å². The lowest BCUT2D eigenvalue weighted by Crippen LogP contribution is -2.47. The van der Waals surface area contributed by atoms with E-state index in [0.717, 1.165) is 18.4 Å². The number of benzene rings is 2. The molecule has 2 heterocycles. The summed E-state index contributed by atoms with van der Waals surface area (Å²) in [5, 5.41) is 10.1. The number of carboxylic acid groups (broad SMARTS) is 1. The predicted octanol–water partition coefficient (Wildman–Crippen LogP) is 3.24. The summed E-state index contributed by atoms with van der Waals surface area (Å²) < 4.78 is 11.0. The lowest BCUT2D eigenvalue weighted by Gasteiger charge is -2.41. The van der Waals surface area contributed by atoms with Crippen molar-refractivity contribution in [1.29, 1.82) is 0 Å². The van der Waals surface area contributed by atoms with Crippen LogP contribution in [0.2, 0.25) is 0 Å². The molecule has 4 rings (SSSR count). The summed E-state index contributed by atoms with van der Waals surface area (Å²) in [4.78, 5) is 27.3. The molecule has 1 amide bonds. The number of carbonyl (C=O) groups is 2. The van der Waals surface area contributed by atoms with Crippen molar-refractivity contribution in [3.05, 3.63) is 65.2 Å². The SMILES string of the molecule is COc1ccc(C2C(C(=O)O)c3ccccc3C(=O)N2CC2CCCO2)cc1. The molecule has 1 saturated heterocycles. The molecule has 2 aromatic rings. The Hall–Kier alpha value is -2.86. The Balaban J connectivity index is 1.82. The zero-order valence-corrected chi connectivity index (χ0v) is 15.7. The monoisotopic (exact) mass is 381 g/mol. The van der Waals surface area contributed by atoms with E-state index < -0.39 is 17.9 Å². The fourth-order valence-corrected chi connectivity index (χ4v) is 4.24. The van der Waals surface area contributed by atoms with Gasteiger partial charge in [0.15, 0.2) is 0 Å². The van der Waals surface area contributed by atoms with E-state index in [1.54, 1.807) is 48.4 Å². The van der Waals surface area contributed by atoms with E-state index in [-0.39, 0.29) is 12.0 Å². The molecule has 6 nitrogen and oxygen atoms in total. The number of ether oxygens (including phenoxy) is 2. The highest BCUT2D eigenvalue weighted by Crippen LogP contribution is 2.43. The summed E-state index contributed by atoms with van der Waals surface area (Å²) in [5.41, 5.74) is 1.79. The zero-order chi connectivity index (χ0) is 19.7. The van der Waals surface area contributed by atoms with Gasteiger partial charge in [0.1, 0.15) is 11.7 Å². The number of amides is 1. The summed E-state index contributed by atoms with van der Waals surface area (Å²) in [6.07, 6.45) is 1.77. The first-order valence-corrected chi connectivity index (χ1v) is 9.48. The molecule has 3 unspecified atom stereocenters. The number of aliphatic carboxylic acids is 1. The summed E-state index contributed by atoms with van der Waals surface area (Å²) in [7, 11) is 1.58. The first-order valence-electron chi connectivity index (χ1n) is 9.48. The largest absolute Gasteiger partial charge is 0.497 e. The van der Waals surface area contributed by atoms with Gasteiger partial charge in [0.25, 0.3) is 5.91 Å². The van der Waals surface area contributed by atoms with E-state index in [0.29, 0.717) is 30.0 Å². The highest BCUT2D eigenvalue weighted by Gasteiger charge is 2.45. The van der Waals surface area contributed by atoms with Crippen molar-refractivity contribution >= 4 is 11.9 Å². The summed E-state index contributed by atoms with van der Waals surface area (Å²) in [6, 6.07) is 13.7. The number of nitrogens with zero attached hydrogens (tertiary/aromatic N) is 1. The van der Waals surface area contributed by atoms with E-state index >= 15 is 0 Å². The minimum Gasteiger partial charge on any atom is -0.497 e. The third-order valence-corrected chi connectivity index (χ3v) is 5.59. The smallest absolute Gasteiger partial charge is 0.313 e. The third kappa shape index (κ3) is 3.24. The zero-order valence-electron chi connectivity index (χ0n) is 15.7. The molecule has 2 aliphatic rings. The Kier molecular flexibility index (Phi) is 5.05. The molecule has 146 valence electrons. The van der Waals surface area contributed by atoms with Crippen LogP contribution in [0.25, 0.3) is 0 Å². The molecule has 2 aromatic carbocycles. The molecule has 0 radical (unpaired) electrons. The van der Waals surface area contributed by atoms with Crippen molar-refractivity contribution in [3.63, 3.8) is 0 Å². The fraction of sp³-hybridized carbons (Fsp3) is 0.364. The van der Waals surface area contributed by atoms with E-state index in [9.17, 15) is 14.7 Å². The van der Waals surface area contributed by atoms with Gasteiger partial charge in [0.05, 0.1) is 19.3 Å². The van der Waals surface area contributed by atoms with Gasteiger partial charge in [-0.3, -0.25) is 9.59 Å². The average Bonchev–Trinajstić information content (AvgIpc) is 3.23. The summed E-state index contributed by atoms with van der Waals surface area (Å²) in [6.45, 7) is 1.06. The highest BCUT2D eigenvalue weighted by atomic mass is 16.5. The number of methoxy groups -OCH3 is 1. The van der Waals surface area contributed by atoms with Crippen molar-refractivity contribution in [1.82, 2.24) is 4.90 Å². The van der Waals surface area contributed by atoms with Gasteiger partial charge in [0.2, 0.25) is 0 Å². The molecular weight excluding hydrogens is 358 g/mol. The molecule has 28 heavy (non-hydrogen) atoms. The van der Waals surface area contributed by atoms with Crippen molar-refractivity contribution in [2.75, 3.05) is 20.3 Å². The van der Waals surface area contributed by atoms with Crippen molar-refractivity contribution in [3.8, 4) is 5.75 Å². The second-order valence-electron chi connectivity index (χ2n) is 7.21. The topological polar surface area (TPSA) is 76.1 Å². The Morgan fingerprint density at radius 2 is 1.96 bits per heavy atom. The van der Waals surface area contributed by atoms with Gasteiger partial charge < -0.3 is 19.5 Å². The molecule has 0 spiro atoms. The van der Waals surface area contributed by atoms with Crippen molar-refractivity contribution in [2.45, 2.75) is 30.9 Å². The second kappa shape index (κ2) is 7.64. The Bertz CT molecular complexity index is 873. The number of hydrogen-bond acceptors (Lipinski definition) is 4. The van der Waals surface area contributed by atoms with Crippen LogP contribution in [0.3, 0.4) is 0 Å². The van der Waals surface area contributed by atoms with Gasteiger partial charge >= 0.3 is 5.97 Å². The van der Waals surface area contributed by atoms with Gasteiger partial charge in [0, 0.05) is 18.7 Å². The molecule has 0 aromatic heterocycles. The maximum absolute atomic E-state index is 13.3. The second-order valence-corrected chi connectivity index (χ2v) is 7.21. The van der Waals surface area contributed by atoms with Crippen LogP contribution in [0.5, 0.6) is 5.75 Å². The molecule has 1 fully saturated rings. The van der Waals surface area contributed by atoms with Gasteiger partial charge in [-0.25, -0.2) is 0 Å². The van der Waals surface area contributed by atoms with Crippen LogP contribution in [0.1, 0.15) is 46.3 Å². The number of rotatable bonds is 5. The molecule has 2 aliphatic heterocycles. The number of hydrogen-bond donors (Lipinski definition) is 1. The molecular formula is C22H23NO5. The standard InChI is InChI=1S/C22H23NO5/c1-27-15-10-8-14(9-11-15)20-19(22(25)26)17-6-2-3-7-18(17)21(24)23(20)13-16-5-4-12-28-16/h2-3,6-11,16,19-20H,4-5,12-13H2,1H3,(H,25,26). The van der Waals surface area contributed by atoms with E-state index in [4.69, 9.17) is 9.47 Å². The fourth-order valence-electron chi connectivity index (χ4n) is 4.24. The summed E-state index contributed by atoms with van der Waals surface area (Å²) in [5.74, 6) is -1.25. The molecule has 0 bridgehead atoms. The van der Waals surface area contributed by atoms with Crippen LogP contribution in [0.4, 0.5) is 0 Å². The van der Waals surface area contributed by atoms with Gasteiger partial charge in [-0.05, 0) is 42.2 Å². The first-order chi connectivity index (χ1) is 13.6. The van der Waals surface area contributed by atoms with E-state index in [1.165, 1.54) is 0 Å². The number of fused-ring (bicyclic) bond motifs is 1. The van der Waals surface area contributed by atoms with Crippen molar-refractivity contribution in [2.24, 2.45) is 0 Å². The maximum Gasteiger partial charge on any atom is 0.313 e. The van der Waals surface area contributed by atoms with Gasteiger partial charge in [-0.2, -0.15) is 0 Å². The quantitative estimate of drug-likeness (QED) is 0.860.